The van der Waals surface area contributed by atoms with Crippen LogP contribution in [0.3, 0.4) is 0 Å². The Balaban J connectivity index is 1.88. The van der Waals surface area contributed by atoms with Crippen molar-refractivity contribution in [3.63, 3.8) is 0 Å². The average Bonchev–Trinajstić information content (AvgIpc) is 2.92. The molecule has 1 fully saturated rings. The second kappa shape index (κ2) is 9.71. The summed E-state index contributed by atoms with van der Waals surface area (Å²) in [5, 5.41) is 9.18. The summed E-state index contributed by atoms with van der Waals surface area (Å²) in [6, 6.07) is 6.31. The highest BCUT2D eigenvalue weighted by Gasteiger charge is 2.27. The van der Waals surface area contributed by atoms with E-state index in [-0.39, 0.29) is 23.0 Å². The zero-order chi connectivity index (χ0) is 21.0. The van der Waals surface area contributed by atoms with Gasteiger partial charge in [-0.1, -0.05) is 24.6 Å². The molecule has 1 saturated heterocycles. The maximum atomic E-state index is 13.5. The van der Waals surface area contributed by atoms with Gasteiger partial charge in [-0.05, 0) is 65.0 Å². The summed E-state index contributed by atoms with van der Waals surface area (Å²) in [5.41, 5.74) is 0.789. The van der Waals surface area contributed by atoms with Crippen molar-refractivity contribution < 1.29 is 9.18 Å². The van der Waals surface area contributed by atoms with Crippen LogP contribution in [0.1, 0.15) is 51.4 Å². The summed E-state index contributed by atoms with van der Waals surface area (Å²) in [5.74, 6) is 0.620. The predicted molar refractivity (Wildman–Crippen MR) is 114 cm³/mol. The topological polar surface area (TPSA) is 54.3 Å². The first-order valence-electron chi connectivity index (χ1n) is 10.2. The minimum Gasteiger partial charge on any atom is -0.342 e. The van der Waals surface area contributed by atoms with E-state index in [0.717, 1.165) is 37.4 Å². The lowest BCUT2D eigenvalue weighted by atomic mass is 10.2. The van der Waals surface area contributed by atoms with E-state index in [9.17, 15) is 9.18 Å². The van der Waals surface area contributed by atoms with E-state index in [4.69, 9.17) is 0 Å². The SMILES string of the molecule is C[C@H](Sc1nnc([C@@H](C)N(C)C)n1-c1ccc(F)cc1)C(=O)N1CCCCCC1. The molecule has 1 aromatic heterocycles. The highest BCUT2D eigenvalue weighted by atomic mass is 32.2. The van der Waals surface area contributed by atoms with E-state index in [1.807, 2.05) is 42.3 Å². The van der Waals surface area contributed by atoms with E-state index in [2.05, 4.69) is 10.2 Å². The Morgan fingerprint density at radius 3 is 2.28 bits per heavy atom. The molecule has 29 heavy (non-hydrogen) atoms. The molecule has 6 nitrogen and oxygen atoms in total. The third-order valence-electron chi connectivity index (χ3n) is 5.44. The fourth-order valence-electron chi connectivity index (χ4n) is 3.45. The Hall–Kier alpha value is -1.93. The summed E-state index contributed by atoms with van der Waals surface area (Å²) < 4.78 is 15.4. The van der Waals surface area contributed by atoms with Crippen LogP contribution in [0.25, 0.3) is 5.69 Å². The third-order valence-corrected chi connectivity index (χ3v) is 6.47. The Morgan fingerprint density at radius 1 is 1.07 bits per heavy atom. The number of rotatable bonds is 6. The fraction of sp³-hybridized carbons (Fsp3) is 0.571. The van der Waals surface area contributed by atoms with Crippen LogP contribution in [-0.4, -0.2) is 62.9 Å². The lowest BCUT2D eigenvalue weighted by molar-refractivity contribution is -0.130. The molecule has 1 aromatic carbocycles. The van der Waals surface area contributed by atoms with Gasteiger partial charge in [0.05, 0.1) is 11.3 Å². The van der Waals surface area contributed by atoms with E-state index in [1.165, 1.54) is 36.7 Å². The zero-order valence-corrected chi connectivity index (χ0v) is 18.5. The molecular formula is C21H30FN5OS. The molecule has 0 aliphatic carbocycles. The smallest absolute Gasteiger partial charge is 0.235 e. The Labute approximate surface area is 176 Å². The van der Waals surface area contributed by atoms with Gasteiger partial charge in [0.2, 0.25) is 5.91 Å². The lowest BCUT2D eigenvalue weighted by Crippen LogP contribution is -2.37. The van der Waals surface area contributed by atoms with E-state index in [1.54, 1.807) is 12.1 Å². The van der Waals surface area contributed by atoms with Crippen LogP contribution in [0.4, 0.5) is 4.39 Å². The summed E-state index contributed by atoms with van der Waals surface area (Å²) in [6.45, 7) is 5.63. The van der Waals surface area contributed by atoms with Crippen LogP contribution in [-0.2, 0) is 4.79 Å². The molecule has 2 aromatic rings. The van der Waals surface area contributed by atoms with Gasteiger partial charge in [-0.25, -0.2) is 4.39 Å². The van der Waals surface area contributed by atoms with Crippen LogP contribution in [0.5, 0.6) is 0 Å². The van der Waals surface area contributed by atoms with Crippen LogP contribution in [0.15, 0.2) is 29.4 Å². The van der Waals surface area contributed by atoms with Crippen molar-refractivity contribution in [2.75, 3.05) is 27.2 Å². The van der Waals surface area contributed by atoms with Crippen LogP contribution in [0, 0.1) is 5.82 Å². The second-order valence-electron chi connectivity index (χ2n) is 7.79. The molecule has 0 bridgehead atoms. The number of nitrogens with zero attached hydrogens (tertiary/aromatic N) is 5. The van der Waals surface area contributed by atoms with Crippen LogP contribution >= 0.6 is 11.8 Å². The minimum atomic E-state index is -0.289. The first-order chi connectivity index (χ1) is 13.9. The average molecular weight is 420 g/mol. The maximum absolute atomic E-state index is 13.5. The standard InChI is InChI=1S/C21H30FN5OS/c1-15(25(3)4)19-23-24-21(27(19)18-11-9-17(22)10-12-18)29-16(2)20(28)26-13-7-5-6-8-14-26/h9-12,15-16H,5-8,13-14H2,1-4H3/t15-,16+/m1/s1. The van der Waals surface area contributed by atoms with Gasteiger partial charge >= 0.3 is 0 Å². The van der Waals surface area contributed by atoms with Gasteiger partial charge in [0.1, 0.15) is 5.82 Å². The van der Waals surface area contributed by atoms with E-state index < -0.39 is 0 Å². The zero-order valence-electron chi connectivity index (χ0n) is 17.6. The molecular weight excluding hydrogens is 389 g/mol. The maximum Gasteiger partial charge on any atom is 0.235 e. The van der Waals surface area contributed by atoms with Crippen molar-refractivity contribution in [1.29, 1.82) is 0 Å². The van der Waals surface area contributed by atoms with Crippen molar-refractivity contribution >= 4 is 17.7 Å². The summed E-state index contributed by atoms with van der Waals surface area (Å²) >= 11 is 1.41. The Bertz CT molecular complexity index is 815. The normalized spacial score (nSPS) is 17.2. The lowest BCUT2D eigenvalue weighted by Gasteiger charge is -2.24. The number of benzene rings is 1. The number of thioether (sulfide) groups is 1. The van der Waals surface area contributed by atoms with Crippen molar-refractivity contribution in [2.24, 2.45) is 0 Å². The molecule has 8 heteroatoms. The van der Waals surface area contributed by atoms with Gasteiger partial charge in [-0.15, -0.1) is 10.2 Å². The molecule has 3 rings (SSSR count). The number of hydrogen-bond acceptors (Lipinski definition) is 5. The third kappa shape index (κ3) is 5.17. The number of likely N-dealkylation sites (tertiary alicyclic amines) is 1. The van der Waals surface area contributed by atoms with E-state index in [0.29, 0.717) is 5.16 Å². The molecule has 0 saturated carbocycles. The largest absolute Gasteiger partial charge is 0.342 e. The van der Waals surface area contributed by atoms with Crippen molar-refractivity contribution in [2.45, 2.75) is 56.0 Å². The molecule has 1 aliphatic rings. The molecule has 1 aliphatic heterocycles. The minimum absolute atomic E-state index is 0.0125. The van der Waals surface area contributed by atoms with Gasteiger partial charge in [0.25, 0.3) is 0 Å². The summed E-state index contributed by atoms with van der Waals surface area (Å²) in [7, 11) is 3.96. The van der Waals surface area contributed by atoms with Crippen molar-refractivity contribution in [3.8, 4) is 5.69 Å². The van der Waals surface area contributed by atoms with Crippen LogP contribution in [0.2, 0.25) is 0 Å². The molecule has 0 N–H and O–H groups in total. The van der Waals surface area contributed by atoms with Crippen molar-refractivity contribution in [3.05, 3.63) is 35.9 Å². The molecule has 158 valence electrons. The van der Waals surface area contributed by atoms with Crippen LogP contribution < -0.4 is 0 Å². The molecule has 2 atom stereocenters. The monoisotopic (exact) mass is 419 g/mol. The van der Waals surface area contributed by atoms with Gasteiger partial charge < -0.3 is 4.90 Å². The first-order valence-corrected chi connectivity index (χ1v) is 11.1. The molecule has 2 heterocycles. The van der Waals surface area contributed by atoms with Crippen molar-refractivity contribution in [1.82, 2.24) is 24.6 Å². The predicted octanol–water partition coefficient (Wildman–Crippen LogP) is 3.91. The number of aromatic nitrogens is 3. The fourth-order valence-corrected chi connectivity index (χ4v) is 4.41. The Kier molecular flexibility index (Phi) is 7.29. The van der Waals surface area contributed by atoms with Gasteiger partial charge in [-0.3, -0.25) is 14.3 Å². The molecule has 0 unspecified atom stereocenters. The van der Waals surface area contributed by atoms with E-state index >= 15 is 0 Å². The number of carbonyl (C=O) groups is 1. The first kappa shape index (κ1) is 21.8. The summed E-state index contributed by atoms with van der Waals surface area (Å²) in [6.07, 6.45) is 4.52. The number of hydrogen-bond donors (Lipinski definition) is 0. The molecule has 1 amide bonds. The van der Waals surface area contributed by atoms with Gasteiger partial charge in [-0.2, -0.15) is 0 Å². The van der Waals surface area contributed by atoms with Gasteiger partial charge in [0, 0.05) is 18.8 Å². The van der Waals surface area contributed by atoms with Gasteiger partial charge in [0.15, 0.2) is 11.0 Å². The highest BCUT2D eigenvalue weighted by molar-refractivity contribution is 8.00. The number of halogens is 1. The Morgan fingerprint density at radius 2 is 1.69 bits per heavy atom. The summed E-state index contributed by atoms with van der Waals surface area (Å²) in [4.78, 5) is 17.0. The molecule has 0 spiro atoms. The quantitative estimate of drug-likeness (QED) is 0.665. The second-order valence-corrected chi connectivity index (χ2v) is 9.10. The number of carbonyl (C=O) groups excluding carboxylic acids is 1. The highest BCUT2D eigenvalue weighted by Crippen LogP contribution is 2.30. The number of amides is 1. The molecule has 0 radical (unpaired) electrons.